The van der Waals surface area contributed by atoms with Gasteiger partial charge in [-0.1, -0.05) is 30.3 Å². The van der Waals surface area contributed by atoms with Gasteiger partial charge in [0, 0.05) is 6.54 Å². The first-order valence-corrected chi connectivity index (χ1v) is 6.26. The largest absolute Gasteiger partial charge is 0.368 e. The highest BCUT2D eigenvalue weighted by molar-refractivity contribution is 5.90. The molecule has 0 radical (unpaired) electrons. The predicted octanol–water partition coefficient (Wildman–Crippen LogP) is 1.27. The molecule has 2 rings (SSSR count). The first-order valence-electron chi connectivity index (χ1n) is 6.26. The Kier molecular flexibility index (Phi) is 3.65. The van der Waals surface area contributed by atoms with E-state index in [4.69, 9.17) is 5.73 Å². The molecule has 2 amide bonds. The SMILES string of the molecule is CC(C(=O)N1CCCC1C(N)=O)c1ccccc1. The van der Waals surface area contributed by atoms with E-state index in [-0.39, 0.29) is 11.8 Å². The zero-order valence-electron chi connectivity index (χ0n) is 10.5. The van der Waals surface area contributed by atoms with Crippen molar-refractivity contribution >= 4 is 11.8 Å². The molecule has 4 nitrogen and oxygen atoms in total. The molecule has 0 saturated carbocycles. The molecule has 2 unspecified atom stereocenters. The van der Waals surface area contributed by atoms with Crippen molar-refractivity contribution in [3.8, 4) is 0 Å². The van der Waals surface area contributed by atoms with Gasteiger partial charge in [0.25, 0.3) is 0 Å². The van der Waals surface area contributed by atoms with Crippen LogP contribution >= 0.6 is 0 Å². The molecule has 2 N–H and O–H groups in total. The number of hydrogen-bond donors (Lipinski definition) is 1. The molecule has 1 saturated heterocycles. The van der Waals surface area contributed by atoms with Crippen LogP contribution in [-0.2, 0) is 9.59 Å². The first-order chi connectivity index (χ1) is 8.61. The number of carbonyl (C=O) groups is 2. The lowest BCUT2D eigenvalue weighted by atomic mass is 9.99. The summed E-state index contributed by atoms with van der Waals surface area (Å²) in [4.78, 5) is 25.3. The summed E-state index contributed by atoms with van der Waals surface area (Å²) in [6, 6.07) is 9.17. The van der Waals surface area contributed by atoms with E-state index in [2.05, 4.69) is 0 Å². The van der Waals surface area contributed by atoms with Crippen molar-refractivity contribution in [2.24, 2.45) is 5.73 Å². The van der Waals surface area contributed by atoms with Gasteiger partial charge >= 0.3 is 0 Å². The van der Waals surface area contributed by atoms with E-state index >= 15 is 0 Å². The summed E-state index contributed by atoms with van der Waals surface area (Å²) in [7, 11) is 0. The first kappa shape index (κ1) is 12.6. The van der Waals surface area contributed by atoms with Crippen LogP contribution in [0, 0.1) is 0 Å². The van der Waals surface area contributed by atoms with Gasteiger partial charge in [0.15, 0.2) is 0 Å². The molecule has 0 spiro atoms. The number of rotatable bonds is 3. The van der Waals surface area contributed by atoms with Crippen molar-refractivity contribution in [2.45, 2.75) is 31.7 Å². The standard InChI is InChI=1S/C14H18N2O2/c1-10(11-6-3-2-4-7-11)14(18)16-9-5-8-12(16)13(15)17/h2-4,6-7,10,12H,5,8-9H2,1H3,(H2,15,17). The van der Waals surface area contributed by atoms with Gasteiger partial charge in [-0.05, 0) is 25.3 Å². The Morgan fingerprint density at radius 2 is 2.00 bits per heavy atom. The van der Waals surface area contributed by atoms with E-state index in [0.717, 1.165) is 12.0 Å². The number of carbonyl (C=O) groups excluding carboxylic acids is 2. The van der Waals surface area contributed by atoms with Crippen LogP contribution in [0.2, 0.25) is 0 Å². The second-order valence-corrected chi connectivity index (χ2v) is 4.72. The number of hydrogen-bond acceptors (Lipinski definition) is 2. The topological polar surface area (TPSA) is 63.4 Å². The van der Waals surface area contributed by atoms with Crippen LogP contribution in [0.25, 0.3) is 0 Å². The molecule has 1 aromatic rings. The summed E-state index contributed by atoms with van der Waals surface area (Å²) in [6.45, 7) is 2.50. The summed E-state index contributed by atoms with van der Waals surface area (Å²) >= 11 is 0. The van der Waals surface area contributed by atoms with Crippen LogP contribution in [0.3, 0.4) is 0 Å². The summed E-state index contributed by atoms with van der Waals surface area (Å²) in [5, 5.41) is 0. The Balaban J connectivity index is 2.14. The third-order valence-corrected chi connectivity index (χ3v) is 3.53. The van der Waals surface area contributed by atoms with Crippen molar-refractivity contribution in [1.82, 2.24) is 4.90 Å². The molecule has 18 heavy (non-hydrogen) atoms. The highest BCUT2D eigenvalue weighted by atomic mass is 16.2. The Morgan fingerprint density at radius 1 is 1.33 bits per heavy atom. The zero-order valence-corrected chi connectivity index (χ0v) is 10.5. The van der Waals surface area contributed by atoms with Crippen molar-refractivity contribution in [2.75, 3.05) is 6.54 Å². The number of benzene rings is 1. The molecular formula is C14H18N2O2. The molecule has 2 atom stereocenters. The minimum Gasteiger partial charge on any atom is -0.368 e. The molecule has 1 fully saturated rings. The fourth-order valence-corrected chi connectivity index (χ4v) is 2.46. The highest BCUT2D eigenvalue weighted by Gasteiger charge is 2.34. The van der Waals surface area contributed by atoms with E-state index in [1.54, 1.807) is 4.90 Å². The predicted molar refractivity (Wildman–Crippen MR) is 68.8 cm³/mol. The van der Waals surface area contributed by atoms with E-state index in [1.807, 2.05) is 37.3 Å². The van der Waals surface area contributed by atoms with E-state index in [0.29, 0.717) is 13.0 Å². The number of nitrogens with zero attached hydrogens (tertiary/aromatic N) is 1. The normalized spacial score (nSPS) is 20.7. The van der Waals surface area contributed by atoms with Gasteiger partial charge in [0.05, 0.1) is 5.92 Å². The minimum atomic E-state index is -0.427. The average Bonchev–Trinajstić information content (AvgIpc) is 2.87. The number of nitrogens with two attached hydrogens (primary N) is 1. The van der Waals surface area contributed by atoms with Gasteiger partial charge in [-0.15, -0.1) is 0 Å². The smallest absolute Gasteiger partial charge is 0.240 e. The molecule has 96 valence electrons. The number of likely N-dealkylation sites (tertiary alicyclic amines) is 1. The Morgan fingerprint density at radius 3 is 2.61 bits per heavy atom. The lowest BCUT2D eigenvalue weighted by Crippen LogP contribution is -2.45. The molecule has 4 heteroatoms. The molecule has 0 bridgehead atoms. The lowest BCUT2D eigenvalue weighted by Gasteiger charge is -2.25. The van der Waals surface area contributed by atoms with Crippen molar-refractivity contribution in [3.05, 3.63) is 35.9 Å². The number of primary amides is 1. The van der Waals surface area contributed by atoms with Gasteiger partial charge in [-0.25, -0.2) is 0 Å². The molecule has 0 aliphatic carbocycles. The van der Waals surface area contributed by atoms with Gasteiger partial charge < -0.3 is 10.6 Å². The molecule has 1 aliphatic heterocycles. The van der Waals surface area contributed by atoms with Crippen LogP contribution < -0.4 is 5.73 Å². The summed E-state index contributed by atoms with van der Waals surface area (Å²) in [5.74, 6) is -0.644. The molecule has 0 aromatic heterocycles. The average molecular weight is 246 g/mol. The van der Waals surface area contributed by atoms with Crippen LogP contribution in [0.4, 0.5) is 0 Å². The maximum absolute atomic E-state index is 12.4. The van der Waals surface area contributed by atoms with Gasteiger partial charge in [-0.3, -0.25) is 9.59 Å². The van der Waals surface area contributed by atoms with Gasteiger partial charge in [0.2, 0.25) is 11.8 Å². The maximum atomic E-state index is 12.4. The van der Waals surface area contributed by atoms with Crippen LogP contribution in [0.5, 0.6) is 0 Å². The van der Waals surface area contributed by atoms with E-state index in [1.165, 1.54) is 0 Å². The second-order valence-electron chi connectivity index (χ2n) is 4.72. The summed E-state index contributed by atoms with van der Waals surface area (Å²) < 4.78 is 0. The van der Waals surface area contributed by atoms with Crippen LogP contribution in [0.1, 0.15) is 31.2 Å². The van der Waals surface area contributed by atoms with E-state index < -0.39 is 11.9 Å². The van der Waals surface area contributed by atoms with Crippen molar-refractivity contribution in [1.29, 1.82) is 0 Å². The third kappa shape index (κ3) is 2.37. The Hall–Kier alpha value is -1.84. The van der Waals surface area contributed by atoms with Crippen molar-refractivity contribution in [3.63, 3.8) is 0 Å². The fourth-order valence-electron chi connectivity index (χ4n) is 2.46. The quantitative estimate of drug-likeness (QED) is 0.872. The minimum absolute atomic E-state index is 0.0116. The Labute approximate surface area is 107 Å². The fraction of sp³-hybridized carbons (Fsp3) is 0.429. The maximum Gasteiger partial charge on any atom is 0.240 e. The second kappa shape index (κ2) is 5.21. The monoisotopic (exact) mass is 246 g/mol. The summed E-state index contributed by atoms with van der Waals surface area (Å²) in [5.41, 5.74) is 6.30. The van der Waals surface area contributed by atoms with Crippen LogP contribution in [-0.4, -0.2) is 29.3 Å². The van der Waals surface area contributed by atoms with E-state index in [9.17, 15) is 9.59 Å². The lowest BCUT2D eigenvalue weighted by molar-refractivity contribution is -0.138. The van der Waals surface area contributed by atoms with Crippen LogP contribution in [0.15, 0.2) is 30.3 Å². The summed E-state index contributed by atoms with van der Waals surface area (Å²) in [6.07, 6.45) is 1.53. The molecular weight excluding hydrogens is 228 g/mol. The highest BCUT2D eigenvalue weighted by Crippen LogP contribution is 2.24. The Bertz CT molecular complexity index is 444. The van der Waals surface area contributed by atoms with Crippen molar-refractivity contribution < 1.29 is 9.59 Å². The third-order valence-electron chi connectivity index (χ3n) is 3.53. The molecule has 1 aromatic carbocycles. The van der Waals surface area contributed by atoms with Gasteiger partial charge in [0.1, 0.15) is 6.04 Å². The van der Waals surface area contributed by atoms with Gasteiger partial charge in [-0.2, -0.15) is 0 Å². The number of amides is 2. The molecule has 1 heterocycles. The molecule has 1 aliphatic rings. The zero-order chi connectivity index (χ0) is 13.1.